The zero-order valence-electron chi connectivity index (χ0n) is 23.5. The van der Waals surface area contributed by atoms with Gasteiger partial charge in [0.05, 0.1) is 6.04 Å². The van der Waals surface area contributed by atoms with Crippen molar-refractivity contribution in [2.45, 2.75) is 57.8 Å². The molecule has 1 saturated heterocycles. The largest absolute Gasteiger partial charge is 0.445 e. The molecule has 2 heterocycles. The van der Waals surface area contributed by atoms with Gasteiger partial charge in [0.25, 0.3) is 0 Å². The van der Waals surface area contributed by atoms with Gasteiger partial charge in [0.1, 0.15) is 25.0 Å². The first kappa shape index (κ1) is 41.8. The molecule has 4 N–H and O–H groups in total. The predicted octanol–water partition coefficient (Wildman–Crippen LogP) is 2.39. The monoisotopic (exact) mass is 678 g/mol. The molecule has 1 fully saturated rings. The number of ether oxygens (including phenoxy) is 1. The molecule has 0 spiro atoms. The summed E-state index contributed by atoms with van der Waals surface area (Å²) in [6, 6.07) is 10.0. The average Bonchev–Trinajstić information content (AvgIpc) is 3.57. The van der Waals surface area contributed by atoms with E-state index in [0.29, 0.717) is 19.3 Å². The predicted molar refractivity (Wildman–Crippen MR) is 184 cm³/mol. The molecular formula is C27H42N4O6S5. The molecule has 42 heavy (non-hydrogen) atoms. The molecule has 15 heteroatoms. The number of hydrogen-bond donors (Lipinski definition) is 4. The van der Waals surface area contributed by atoms with E-state index < -0.39 is 36.0 Å². The Morgan fingerprint density at radius 3 is 2.24 bits per heavy atom. The van der Waals surface area contributed by atoms with E-state index in [9.17, 15) is 24.0 Å². The van der Waals surface area contributed by atoms with E-state index in [1.54, 1.807) is 13.8 Å². The third kappa shape index (κ3) is 13.3. The lowest BCUT2D eigenvalue weighted by molar-refractivity contribution is -0.131. The Balaban J connectivity index is 0. The molecule has 1 aromatic carbocycles. The number of nitrogens with one attached hydrogen (secondary N) is 4. The Morgan fingerprint density at radius 2 is 1.69 bits per heavy atom. The number of thiophene rings is 1. The minimum Gasteiger partial charge on any atom is -0.445 e. The Kier molecular flexibility index (Phi) is 21.3. The molecule has 1 aliphatic rings. The molecule has 0 bridgehead atoms. The number of benzene rings is 1. The molecule has 0 unspecified atom stereocenters. The highest BCUT2D eigenvalue weighted by Gasteiger charge is 2.32. The average molecular weight is 679 g/mol. The molecule has 0 saturated carbocycles. The van der Waals surface area contributed by atoms with Gasteiger partial charge in [-0.1, -0.05) is 50.2 Å². The van der Waals surface area contributed by atoms with Crippen molar-refractivity contribution in [3.8, 4) is 0 Å². The van der Waals surface area contributed by atoms with Crippen molar-refractivity contribution in [3.63, 3.8) is 0 Å². The maximum absolute atomic E-state index is 13.2. The number of rotatable bonds is 13. The molecule has 0 aliphatic carbocycles. The Morgan fingerprint density at radius 1 is 1.00 bits per heavy atom. The van der Waals surface area contributed by atoms with Crippen LogP contribution in [0.5, 0.6) is 0 Å². The van der Waals surface area contributed by atoms with Gasteiger partial charge < -0.3 is 30.8 Å². The van der Waals surface area contributed by atoms with Crippen molar-refractivity contribution in [2.24, 2.45) is 11.8 Å². The van der Waals surface area contributed by atoms with Gasteiger partial charge in [-0.05, 0) is 35.8 Å². The minimum absolute atomic E-state index is 0. The molecular weight excluding hydrogens is 637 g/mol. The van der Waals surface area contributed by atoms with Crippen LogP contribution in [0.15, 0.2) is 47.8 Å². The molecule has 3 rings (SSSR count). The third-order valence-corrected chi connectivity index (χ3v) is 7.15. The number of amides is 4. The fourth-order valence-corrected chi connectivity index (χ4v) is 4.89. The van der Waals surface area contributed by atoms with Crippen molar-refractivity contribution in [3.05, 3.63) is 58.3 Å². The lowest BCUT2D eigenvalue weighted by Gasteiger charge is -2.26. The maximum Gasteiger partial charge on any atom is 0.408 e. The number of carbonyl (C=O) groups excluding carboxylic acids is 5. The Bertz CT molecular complexity index is 1110. The summed E-state index contributed by atoms with van der Waals surface area (Å²) >= 11 is 1.43. The zero-order chi connectivity index (χ0) is 27.5. The summed E-state index contributed by atoms with van der Waals surface area (Å²) in [6.45, 7) is 4.13. The van der Waals surface area contributed by atoms with Crippen molar-refractivity contribution >= 4 is 95.4 Å². The normalized spacial score (nSPS) is 15.5. The van der Waals surface area contributed by atoms with Gasteiger partial charge in [-0.25, -0.2) is 4.79 Å². The Hall–Kier alpha value is -2.33. The van der Waals surface area contributed by atoms with E-state index in [2.05, 4.69) is 21.3 Å². The highest BCUT2D eigenvalue weighted by atomic mass is 32.1. The fraction of sp³-hybridized carbons (Fsp3) is 0.444. The lowest BCUT2D eigenvalue weighted by Crippen LogP contribution is -2.57. The summed E-state index contributed by atoms with van der Waals surface area (Å²) in [4.78, 5) is 63.3. The van der Waals surface area contributed by atoms with Crippen LogP contribution in [0.25, 0.3) is 0 Å². The van der Waals surface area contributed by atoms with Crippen LogP contribution in [0.2, 0.25) is 0 Å². The van der Waals surface area contributed by atoms with Crippen LogP contribution in [-0.2, 0) is 36.9 Å². The molecule has 1 aromatic heterocycles. The van der Waals surface area contributed by atoms with E-state index >= 15 is 0 Å². The van der Waals surface area contributed by atoms with Gasteiger partial charge >= 0.3 is 6.09 Å². The maximum atomic E-state index is 13.2. The molecule has 1 aliphatic heterocycles. The highest BCUT2D eigenvalue weighted by molar-refractivity contribution is 7.59. The van der Waals surface area contributed by atoms with Crippen LogP contribution in [0.3, 0.4) is 0 Å². The first-order valence-electron chi connectivity index (χ1n) is 12.6. The summed E-state index contributed by atoms with van der Waals surface area (Å²) in [5, 5.41) is 12.6. The van der Waals surface area contributed by atoms with Gasteiger partial charge in [0, 0.05) is 23.8 Å². The first-order chi connectivity index (χ1) is 18.3. The van der Waals surface area contributed by atoms with Crippen LogP contribution in [0.1, 0.15) is 37.1 Å². The van der Waals surface area contributed by atoms with Gasteiger partial charge in [-0.3, -0.25) is 14.4 Å². The minimum atomic E-state index is -0.996. The molecule has 4 atom stereocenters. The lowest BCUT2D eigenvalue weighted by atomic mass is 9.98. The van der Waals surface area contributed by atoms with Crippen LogP contribution in [0.4, 0.5) is 4.79 Å². The first-order valence-corrected chi connectivity index (χ1v) is 13.5. The van der Waals surface area contributed by atoms with E-state index in [0.717, 1.165) is 10.4 Å². The van der Waals surface area contributed by atoms with Crippen LogP contribution in [0, 0.1) is 11.8 Å². The highest BCUT2D eigenvalue weighted by Crippen LogP contribution is 2.16. The van der Waals surface area contributed by atoms with Gasteiger partial charge in [-0.15, -0.1) is 11.3 Å². The van der Waals surface area contributed by atoms with Crippen LogP contribution in [-0.4, -0.2) is 54.8 Å². The summed E-state index contributed by atoms with van der Waals surface area (Å²) in [6.07, 6.45) is 0.835. The molecule has 236 valence electrons. The quantitative estimate of drug-likeness (QED) is 0.240. The Labute approximate surface area is 278 Å². The topological polar surface area (TPSA) is 143 Å². The summed E-state index contributed by atoms with van der Waals surface area (Å²) < 4.78 is 5.26. The summed E-state index contributed by atoms with van der Waals surface area (Å²) in [5.74, 6) is -1.89. The fourth-order valence-electron chi connectivity index (χ4n) is 4.14. The van der Waals surface area contributed by atoms with E-state index in [1.807, 2.05) is 47.8 Å². The second-order valence-corrected chi connectivity index (χ2v) is 10.6. The van der Waals surface area contributed by atoms with Crippen molar-refractivity contribution in [1.82, 2.24) is 21.3 Å². The van der Waals surface area contributed by atoms with Gasteiger partial charge in [-0.2, -0.15) is 54.0 Å². The number of aldehydes is 1. The summed E-state index contributed by atoms with van der Waals surface area (Å²) in [7, 11) is 0. The van der Waals surface area contributed by atoms with Crippen molar-refractivity contribution in [2.75, 3.05) is 6.54 Å². The van der Waals surface area contributed by atoms with Crippen molar-refractivity contribution in [1.29, 1.82) is 0 Å². The summed E-state index contributed by atoms with van der Waals surface area (Å²) in [5.41, 5.74) is 0.806. The SMILES string of the molecule is CC(C)[C@H](NC(=O)OCc1ccccc1)C(=O)N[C@@H](Cc1cccs1)C(=O)N[C@H](C=O)C[C@@H]1CCNC1=O.S.S.S.S. The second-order valence-electron chi connectivity index (χ2n) is 9.54. The van der Waals surface area contributed by atoms with E-state index in [-0.39, 0.29) is 91.2 Å². The molecule has 2 aromatic rings. The third-order valence-electron chi connectivity index (χ3n) is 6.25. The molecule has 0 radical (unpaired) electrons. The number of hydrogen-bond acceptors (Lipinski definition) is 7. The van der Waals surface area contributed by atoms with Crippen molar-refractivity contribution < 1.29 is 28.7 Å². The van der Waals surface area contributed by atoms with Gasteiger partial charge in [0.15, 0.2) is 0 Å². The number of carbonyl (C=O) groups is 5. The van der Waals surface area contributed by atoms with Gasteiger partial charge in [0.2, 0.25) is 17.7 Å². The van der Waals surface area contributed by atoms with Crippen LogP contribution >= 0.6 is 65.3 Å². The number of alkyl carbamates (subject to hydrolysis) is 1. The van der Waals surface area contributed by atoms with Crippen LogP contribution < -0.4 is 21.3 Å². The second kappa shape index (κ2) is 21.4. The molecule has 4 amide bonds. The smallest absolute Gasteiger partial charge is 0.408 e. The van der Waals surface area contributed by atoms with E-state index in [4.69, 9.17) is 4.74 Å². The van der Waals surface area contributed by atoms with E-state index in [1.165, 1.54) is 11.3 Å². The molecule has 10 nitrogen and oxygen atoms in total. The zero-order valence-corrected chi connectivity index (χ0v) is 28.3. The standard InChI is InChI=1S/C27H34N4O6S.4H2S/c1-17(2)23(31-27(36)37-16-18-7-4-3-5-8-18)26(35)30-22(14-21-9-6-12-38-21)25(34)29-20(15-32)13-19-10-11-28-24(19)33;;;;/h3-9,12,15,17,19-20,22-23H,10-11,13-14,16H2,1-2H3,(H,28,33)(H,29,34)(H,30,35)(H,31,36);4*1H2/t19-,20-,22-,23-;;;;/m0..../s1.